The van der Waals surface area contributed by atoms with Crippen molar-refractivity contribution in [2.45, 2.75) is 46.5 Å². The zero-order valence-electron chi connectivity index (χ0n) is 18.5. The van der Waals surface area contributed by atoms with Gasteiger partial charge in [-0.25, -0.2) is 4.98 Å². The van der Waals surface area contributed by atoms with Crippen LogP contribution in [0.15, 0.2) is 52.7 Å². The lowest BCUT2D eigenvalue weighted by Crippen LogP contribution is -2.41. The van der Waals surface area contributed by atoms with E-state index in [1.165, 1.54) is 0 Å². The topological polar surface area (TPSA) is 71.4 Å². The van der Waals surface area contributed by atoms with Gasteiger partial charge in [-0.15, -0.1) is 0 Å². The Morgan fingerprint density at radius 1 is 1.12 bits per heavy atom. The van der Waals surface area contributed by atoms with E-state index >= 15 is 0 Å². The molecule has 166 valence electrons. The van der Waals surface area contributed by atoms with Crippen LogP contribution in [0.5, 0.6) is 0 Å². The minimum absolute atomic E-state index is 0.00926. The Morgan fingerprint density at radius 2 is 1.88 bits per heavy atom. The van der Waals surface area contributed by atoms with Gasteiger partial charge in [0.05, 0.1) is 5.92 Å². The van der Waals surface area contributed by atoms with Gasteiger partial charge in [-0.05, 0) is 55.5 Å². The second-order valence-corrected chi connectivity index (χ2v) is 10.2. The van der Waals surface area contributed by atoms with Crippen LogP contribution in [0.1, 0.15) is 50.8 Å². The molecule has 1 aliphatic carbocycles. The van der Waals surface area contributed by atoms with Gasteiger partial charge < -0.3 is 5.32 Å². The average molecular weight is 470 g/mol. The maximum absolute atomic E-state index is 13.5. The molecule has 2 aliphatic rings. The Kier molecular flexibility index (Phi) is 5.99. The molecule has 2 heterocycles. The SMILES string of the molecule is CC1=NC2=C(C(=O)CC(C)(C)C2)C(c2ccc(Cl)cc2Cl)C1C(=O)Nc1cccc(C)n1. The number of allylic oxidation sites excluding steroid dienone is 2. The molecule has 1 aliphatic heterocycles. The quantitative estimate of drug-likeness (QED) is 0.585. The summed E-state index contributed by atoms with van der Waals surface area (Å²) in [5, 5.41) is 3.83. The van der Waals surface area contributed by atoms with Crippen molar-refractivity contribution in [2.24, 2.45) is 16.3 Å². The molecule has 1 aromatic heterocycles. The Bertz CT molecular complexity index is 1180. The lowest BCUT2D eigenvalue weighted by atomic mass is 9.66. The number of pyridine rings is 1. The summed E-state index contributed by atoms with van der Waals surface area (Å²) in [5.74, 6) is -1.04. The number of amides is 1. The summed E-state index contributed by atoms with van der Waals surface area (Å²) in [6, 6.07) is 10.6. The maximum Gasteiger partial charge on any atom is 0.235 e. The monoisotopic (exact) mass is 469 g/mol. The van der Waals surface area contributed by atoms with Crippen molar-refractivity contribution in [1.82, 2.24) is 4.98 Å². The first-order valence-electron chi connectivity index (χ1n) is 10.6. The van der Waals surface area contributed by atoms with Crippen LogP contribution in [0.25, 0.3) is 0 Å². The van der Waals surface area contributed by atoms with Crippen LogP contribution in [0, 0.1) is 18.3 Å². The van der Waals surface area contributed by atoms with Gasteiger partial charge in [0.1, 0.15) is 5.82 Å². The van der Waals surface area contributed by atoms with Crippen molar-refractivity contribution in [1.29, 1.82) is 0 Å². The zero-order chi connectivity index (χ0) is 23.2. The van der Waals surface area contributed by atoms with Crippen LogP contribution in [-0.4, -0.2) is 22.4 Å². The van der Waals surface area contributed by atoms with Crippen LogP contribution in [0.4, 0.5) is 5.82 Å². The van der Waals surface area contributed by atoms with E-state index in [1.54, 1.807) is 24.3 Å². The number of benzene rings is 1. The lowest BCUT2D eigenvalue weighted by molar-refractivity contribution is -0.119. The molecule has 7 heteroatoms. The number of anilines is 1. The second-order valence-electron chi connectivity index (χ2n) is 9.33. The zero-order valence-corrected chi connectivity index (χ0v) is 20.0. The van der Waals surface area contributed by atoms with Gasteiger partial charge in [0, 0.05) is 45.1 Å². The summed E-state index contributed by atoms with van der Waals surface area (Å²) in [7, 11) is 0. The molecule has 1 N–H and O–H groups in total. The fourth-order valence-electron chi connectivity index (χ4n) is 4.69. The third-order valence-corrected chi connectivity index (χ3v) is 6.58. The van der Waals surface area contributed by atoms with Crippen LogP contribution in [0.2, 0.25) is 10.0 Å². The third kappa shape index (κ3) is 4.37. The summed E-state index contributed by atoms with van der Waals surface area (Å²) in [6.07, 6.45) is 1.07. The highest BCUT2D eigenvalue weighted by atomic mass is 35.5. The molecule has 0 bridgehead atoms. The molecule has 1 aromatic carbocycles. The molecule has 1 amide bonds. The number of aryl methyl sites for hydroxylation is 1. The minimum atomic E-state index is -0.695. The van der Waals surface area contributed by atoms with Gasteiger partial charge in [0.2, 0.25) is 5.91 Å². The van der Waals surface area contributed by atoms with E-state index < -0.39 is 11.8 Å². The van der Waals surface area contributed by atoms with Gasteiger partial charge in [-0.3, -0.25) is 14.6 Å². The van der Waals surface area contributed by atoms with E-state index in [2.05, 4.69) is 24.1 Å². The number of carbonyl (C=O) groups excluding carboxylic acids is 2. The molecule has 2 unspecified atom stereocenters. The summed E-state index contributed by atoms with van der Waals surface area (Å²) < 4.78 is 0. The number of Topliss-reactive ketones (excluding diaryl/α,β-unsaturated/α-hetero) is 1. The smallest absolute Gasteiger partial charge is 0.235 e. The Labute approximate surface area is 197 Å². The van der Waals surface area contributed by atoms with E-state index in [1.807, 2.05) is 26.0 Å². The highest BCUT2D eigenvalue weighted by Gasteiger charge is 2.46. The number of ketones is 1. The van der Waals surface area contributed by atoms with Crippen LogP contribution in [0.3, 0.4) is 0 Å². The molecule has 0 radical (unpaired) electrons. The van der Waals surface area contributed by atoms with Gasteiger partial charge in [-0.1, -0.05) is 49.2 Å². The molecule has 4 rings (SSSR count). The Hall–Kier alpha value is -2.50. The second kappa shape index (κ2) is 8.45. The number of hydrogen-bond donors (Lipinski definition) is 1. The molecule has 0 fully saturated rings. The van der Waals surface area contributed by atoms with E-state index in [0.29, 0.717) is 45.6 Å². The molecule has 0 saturated carbocycles. The average Bonchev–Trinajstić information content (AvgIpc) is 2.66. The molecule has 32 heavy (non-hydrogen) atoms. The van der Waals surface area contributed by atoms with Crippen molar-refractivity contribution in [3.05, 3.63) is 69.0 Å². The van der Waals surface area contributed by atoms with Gasteiger partial charge >= 0.3 is 0 Å². The largest absolute Gasteiger partial charge is 0.310 e. The minimum Gasteiger partial charge on any atom is -0.310 e. The molecular formula is C25H25Cl2N3O2. The number of aliphatic imine (C=N–C) groups is 1. The summed E-state index contributed by atoms with van der Waals surface area (Å²) >= 11 is 12.7. The first-order valence-corrected chi connectivity index (χ1v) is 11.3. The third-order valence-electron chi connectivity index (χ3n) is 6.02. The predicted octanol–water partition coefficient (Wildman–Crippen LogP) is 6.15. The number of nitrogens with zero attached hydrogens (tertiary/aromatic N) is 2. The standard InChI is InChI=1S/C25H25Cl2N3O2/c1-13-6-5-7-20(28-13)30-24(32)21-14(2)29-18-11-25(3,4)12-19(31)23(18)22(21)16-9-8-15(26)10-17(16)27/h5-10,21-22H,11-12H2,1-4H3,(H,28,30,32). The number of rotatable bonds is 3. The first kappa shape index (κ1) is 22.7. The van der Waals surface area contributed by atoms with Gasteiger partial charge in [0.15, 0.2) is 5.78 Å². The van der Waals surface area contributed by atoms with E-state index in [0.717, 1.165) is 11.4 Å². The highest BCUT2D eigenvalue weighted by molar-refractivity contribution is 6.35. The van der Waals surface area contributed by atoms with E-state index in [-0.39, 0.29) is 17.1 Å². The number of hydrogen-bond acceptors (Lipinski definition) is 4. The summed E-state index contributed by atoms with van der Waals surface area (Å²) in [6.45, 7) is 7.82. The summed E-state index contributed by atoms with van der Waals surface area (Å²) in [4.78, 5) is 36.0. The number of halogens is 2. The fraction of sp³-hybridized carbons (Fsp3) is 0.360. The van der Waals surface area contributed by atoms with Crippen molar-refractivity contribution in [3.63, 3.8) is 0 Å². The first-order chi connectivity index (χ1) is 15.1. The molecular weight excluding hydrogens is 445 g/mol. The van der Waals surface area contributed by atoms with E-state index in [4.69, 9.17) is 28.2 Å². The molecule has 5 nitrogen and oxygen atoms in total. The Balaban J connectivity index is 1.83. The van der Waals surface area contributed by atoms with Gasteiger partial charge in [-0.2, -0.15) is 0 Å². The number of aromatic nitrogens is 1. The van der Waals surface area contributed by atoms with Crippen molar-refractivity contribution >= 4 is 46.4 Å². The van der Waals surface area contributed by atoms with Crippen LogP contribution < -0.4 is 5.32 Å². The van der Waals surface area contributed by atoms with Gasteiger partial charge in [0.25, 0.3) is 0 Å². The maximum atomic E-state index is 13.5. The summed E-state index contributed by atoms with van der Waals surface area (Å²) in [5.41, 5.74) is 3.28. The highest BCUT2D eigenvalue weighted by Crippen LogP contribution is 2.49. The molecule has 0 spiro atoms. The van der Waals surface area contributed by atoms with Crippen molar-refractivity contribution < 1.29 is 9.59 Å². The molecule has 2 atom stereocenters. The van der Waals surface area contributed by atoms with E-state index in [9.17, 15) is 9.59 Å². The Morgan fingerprint density at radius 3 is 2.56 bits per heavy atom. The fourth-order valence-corrected chi connectivity index (χ4v) is 5.22. The van der Waals surface area contributed by atoms with Crippen molar-refractivity contribution in [3.8, 4) is 0 Å². The van der Waals surface area contributed by atoms with Crippen molar-refractivity contribution in [2.75, 3.05) is 5.32 Å². The molecule has 0 saturated heterocycles. The normalized spacial score (nSPS) is 22.3. The van der Waals surface area contributed by atoms with Crippen LogP contribution >= 0.6 is 23.2 Å². The van der Waals surface area contributed by atoms with Crippen LogP contribution in [-0.2, 0) is 9.59 Å². The lowest BCUT2D eigenvalue weighted by Gasteiger charge is -2.39. The predicted molar refractivity (Wildman–Crippen MR) is 128 cm³/mol. The number of nitrogens with one attached hydrogen (secondary N) is 1. The number of carbonyl (C=O) groups is 2. The molecule has 2 aromatic rings.